The van der Waals surface area contributed by atoms with Gasteiger partial charge in [0, 0.05) is 31.4 Å². The highest BCUT2D eigenvalue weighted by Gasteiger charge is 2.14. The average Bonchev–Trinajstić information content (AvgIpc) is 2.97. The fourth-order valence-corrected chi connectivity index (χ4v) is 1.87. The lowest BCUT2D eigenvalue weighted by atomic mass is 10.1. The van der Waals surface area contributed by atoms with Gasteiger partial charge in [-0.05, 0) is 25.5 Å². The summed E-state index contributed by atoms with van der Waals surface area (Å²) in [6.45, 7) is 2.79. The Morgan fingerprint density at radius 1 is 1.56 bits per heavy atom. The van der Waals surface area contributed by atoms with E-state index in [0.717, 1.165) is 12.1 Å². The summed E-state index contributed by atoms with van der Waals surface area (Å²) in [6.07, 6.45) is 5.45. The largest absolute Gasteiger partial charge is 0.467 e. The van der Waals surface area contributed by atoms with Crippen LogP contribution in [0.15, 0.2) is 35.2 Å². The molecular formula is C13H19N3O2. The second-order valence-electron chi connectivity index (χ2n) is 4.57. The first-order chi connectivity index (χ1) is 8.65. The number of aliphatic hydroxyl groups excluding tert-OH is 1. The average molecular weight is 249 g/mol. The third kappa shape index (κ3) is 3.45. The van der Waals surface area contributed by atoms with E-state index in [2.05, 4.69) is 10.4 Å². The maximum absolute atomic E-state index is 9.93. The number of nitrogens with zero attached hydrogens (tertiary/aromatic N) is 2. The summed E-state index contributed by atoms with van der Waals surface area (Å²) in [5.41, 5.74) is 1.14. The van der Waals surface area contributed by atoms with Gasteiger partial charge in [-0.3, -0.25) is 4.68 Å². The minimum Gasteiger partial charge on any atom is -0.467 e. The molecule has 0 aliphatic heterocycles. The maximum Gasteiger partial charge on any atom is 0.132 e. The molecule has 98 valence electrons. The summed E-state index contributed by atoms with van der Waals surface area (Å²) in [7, 11) is 1.90. The molecule has 2 N–H and O–H groups in total. The van der Waals surface area contributed by atoms with E-state index in [4.69, 9.17) is 4.42 Å². The predicted molar refractivity (Wildman–Crippen MR) is 67.8 cm³/mol. The van der Waals surface area contributed by atoms with Crippen LogP contribution in [0, 0.1) is 0 Å². The molecule has 5 heteroatoms. The monoisotopic (exact) mass is 249 g/mol. The first-order valence-corrected chi connectivity index (χ1v) is 6.07. The highest BCUT2D eigenvalue weighted by Crippen LogP contribution is 2.18. The first kappa shape index (κ1) is 12.9. The van der Waals surface area contributed by atoms with Gasteiger partial charge < -0.3 is 14.8 Å². The minimum absolute atomic E-state index is 0.199. The molecule has 0 radical (unpaired) electrons. The van der Waals surface area contributed by atoms with E-state index < -0.39 is 6.10 Å². The topological polar surface area (TPSA) is 63.2 Å². The highest BCUT2D eigenvalue weighted by molar-refractivity contribution is 5.04. The van der Waals surface area contributed by atoms with Crippen molar-refractivity contribution in [3.8, 4) is 0 Å². The van der Waals surface area contributed by atoms with Crippen LogP contribution in [-0.2, 0) is 13.6 Å². The molecule has 2 atom stereocenters. The van der Waals surface area contributed by atoms with Gasteiger partial charge in [0.1, 0.15) is 11.9 Å². The molecule has 0 amide bonds. The molecule has 18 heavy (non-hydrogen) atoms. The Balaban J connectivity index is 1.76. The Labute approximate surface area is 106 Å². The number of aromatic nitrogens is 2. The van der Waals surface area contributed by atoms with Gasteiger partial charge in [0.05, 0.1) is 12.5 Å². The number of nitrogens with one attached hydrogen (secondary N) is 1. The lowest BCUT2D eigenvalue weighted by molar-refractivity contribution is 0.128. The number of furan rings is 1. The minimum atomic E-state index is -0.559. The summed E-state index contributed by atoms with van der Waals surface area (Å²) >= 11 is 0. The smallest absolute Gasteiger partial charge is 0.132 e. The molecule has 0 bridgehead atoms. The van der Waals surface area contributed by atoms with Crippen LogP contribution in [0.4, 0.5) is 0 Å². The molecule has 0 unspecified atom stereocenters. The fourth-order valence-electron chi connectivity index (χ4n) is 1.87. The number of aryl methyl sites for hydroxylation is 1. The Bertz CT molecular complexity index is 464. The molecule has 0 aliphatic carbocycles. The molecule has 2 rings (SSSR count). The Kier molecular flexibility index (Phi) is 4.17. The zero-order valence-electron chi connectivity index (χ0n) is 10.7. The maximum atomic E-state index is 9.93. The van der Waals surface area contributed by atoms with E-state index in [1.165, 1.54) is 0 Å². The molecule has 0 aromatic carbocycles. The molecule has 2 aromatic rings. The molecule has 2 heterocycles. The molecule has 2 aromatic heterocycles. The zero-order valence-corrected chi connectivity index (χ0v) is 10.7. The summed E-state index contributed by atoms with van der Waals surface area (Å²) in [5.74, 6) is 0.616. The van der Waals surface area contributed by atoms with Crippen LogP contribution in [0.3, 0.4) is 0 Å². The van der Waals surface area contributed by atoms with Crippen LogP contribution in [-0.4, -0.2) is 20.9 Å². The van der Waals surface area contributed by atoms with Gasteiger partial charge in [0.2, 0.25) is 0 Å². The van der Waals surface area contributed by atoms with Crippen molar-refractivity contribution in [2.45, 2.75) is 32.0 Å². The number of hydrogen-bond donors (Lipinski definition) is 2. The quantitative estimate of drug-likeness (QED) is 0.816. The third-order valence-corrected chi connectivity index (χ3v) is 2.86. The van der Waals surface area contributed by atoms with Gasteiger partial charge in [0.25, 0.3) is 0 Å². The summed E-state index contributed by atoms with van der Waals surface area (Å²) in [6, 6.07) is 3.77. The SMILES string of the molecule is C[C@H](C[C@@H](O)c1ccco1)NCc1cnn(C)c1. The Morgan fingerprint density at radius 3 is 3.00 bits per heavy atom. The number of hydrogen-bond acceptors (Lipinski definition) is 4. The van der Waals surface area contributed by atoms with E-state index in [9.17, 15) is 5.11 Å². The van der Waals surface area contributed by atoms with Gasteiger partial charge in [-0.25, -0.2) is 0 Å². The molecular weight excluding hydrogens is 230 g/mol. The molecule has 5 nitrogen and oxygen atoms in total. The standard InChI is InChI=1S/C13H19N3O2/c1-10(6-12(17)13-4-3-5-18-13)14-7-11-8-15-16(2)9-11/h3-5,8-10,12,14,17H,6-7H2,1-2H3/t10-,12-/m1/s1. The van der Waals surface area contributed by atoms with Crippen LogP contribution in [0.25, 0.3) is 0 Å². The van der Waals surface area contributed by atoms with Crippen LogP contribution < -0.4 is 5.32 Å². The zero-order chi connectivity index (χ0) is 13.0. The van der Waals surface area contributed by atoms with E-state index in [1.807, 2.05) is 26.4 Å². The second kappa shape index (κ2) is 5.84. The lowest BCUT2D eigenvalue weighted by Gasteiger charge is -2.16. The number of rotatable bonds is 6. The van der Waals surface area contributed by atoms with Crippen molar-refractivity contribution in [2.24, 2.45) is 7.05 Å². The molecule has 0 aliphatic rings. The van der Waals surface area contributed by atoms with E-state index in [-0.39, 0.29) is 6.04 Å². The van der Waals surface area contributed by atoms with Crippen LogP contribution in [0.1, 0.15) is 30.8 Å². The Morgan fingerprint density at radius 2 is 2.39 bits per heavy atom. The molecule has 0 fully saturated rings. The number of aliphatic hydroxyl groups is 1. The van der Waals surface area contributed by atoms with Crippen molar-refractivity contribution in [2.75, 3.05) is 0 Å². The van der Waals surface area contributed by atoms with E-state index in [1.54, 1.807) is 23.1 Å². The van der Waals surface area contributed by atoms with Crippen LogP contribution in [0.5, 0.6) is 0 Å². The van der Waals surface area contributed by atoms with Gasteiger partial charge in [-0.1, -0.05) is 0 Å². The van der Waals surface area contributed by atoms with Gasteiger partial charge in [-0.2, -0.15) is 5.10 Å². The lowest BCUT2D eigenvalue weighted by Crippen LogP contribution is -2.27. The van der Waals surface area contributed by atoms with Crippen molar-refractivity contribution in [1.29, 1.82) is 0 Å². The Hall–Kier alpha value is -1.59. The molecule has 0 saturated heterocycles. The summed E-state index contributed by atoms with van der Waals surface area (Å²) in [5, 5.41) is 17.4. The highest BCUT2D eigenvalue weighted by atomic mass is 16.4. The van der Waals surface area contributed by atoms with Crippen molar-refractivity contribution >= 4 is 0 Å². The van der Waals surface area contributed by atoms with Gasteiger partial charge >= 0.3 is 0 Å². The van der Waals surface area contributed by atoms with E-state index >= 15 is 0 Å². The summed E-state index contributed by atoms with van der Waals surface area (Å²) in [4.78, 5) is 0. The van der Waals surface area contributed by atoms with Crippen molar-refractivity contribution in [3.05, 3.63) is 42.1 Å². The van der Waals surface area contributed by atoms with Crippen LogP contribution >= 0.6 is 0 Å². The predicted octanol–water partition coefficient (Wildman–Crippen LogP) is 1.61. The first-order valence-electron chi connectivity index (χ1n) is 6.07. The second-order valence-corrected chi connectivity index (χ2v) is 4.57. The third-order valence-electron chi connectivity index (χ3n) is 2.86. The van der Waals surface area contributed by atoms with Crippen molar-refractivity contribution in [3.63, 3.8) is 0 Å². The normalized spacial score (nSPS) is 14.6. The molecule has 0 saturated carbocycles. The van der Waals surface area contributed by atoms with E-state index in [0.29, 0.717) is 12.2 Å². The van der Waals surface area contributed by atoms with Gasteiger partial charge in [-0.15, -0.1) is 0 Å². The summed E-state index contributed by atoms with van der Waals surface area (Å²) < 4.78 is 6.95. The fraction of sp³-hybridized carbons (Fsp3) is 0.462. The molecule has 0 spiro atoms. The van der Waals surface area contributed by atoms with Crippen LogP contribution in [0.2, 0.25) is 0 Å². The van der Waals surface area contributed by atoms with Crippen molar-refractivity contribution < 1.29 is 9.52 Å². The van der Waals surface area contributed by atoms with Gasteiger partial charge in [0.15, 0.2) is 0 Å². The van der Waals surface area contributed by atoms with Crippen molar-refractivity contribution in [1.82, 2.24) is 15.1 Å².